The van der Waals surface area contributed by atoms with Crippen molar-refractivity contribution in [3.8, 4) is 0 Å². The number of carbonyl (C=O) groups is 3. The zero-order valence-electron chi connectivity index (χ0n) is 15.7. The molecular formula is C18H23F3N2O4. The lowest BCUT2D eigenvalue weighted by Crippen LogP contribution is -2.47. The van der Waals surface area contributed by atoms with E-state index in [1.54, 1.807) is 20.8 Å². The Kier molecular flexibility index (Phi) is 6.01. The molecule has 0 radical (unpaired) electrons. The van der Waals surface area contributed by atoms with E-state index >= 15 is 0 Å². The SMILES string of the molecule is CC(=O)c1c(C)[nH]c(C(=O)OCC(=O)N(CC(F)(F)F)C(C)C2CC2)c1C. The molecule has 1 atom stereocenters. The number of nitrogens with one attached hydrogen (secondary N) is 1. The average molecular weight is 388 g/mol. The van der Waals surface area contributed by atoms with Crippen LogP contribution >= 0.6 is 0 Å². The number of Topliss-reactive ketones (excluding diaryl/α,β-unsaturated/α-hetero) is 1. The Balaban J connectivity index is 2.07. The van der Waals surface area contributed by atoms with Crippen molar-refractivity contribution in [1.82, 2.24) is 9.88 Å². The fourth-order valence-corrected chi connectivity index (χ4v) is 3.25. The first-order chi connectivity index (χ1) is 12.4. The molecule has 1 unspecified atom stereocenters. The van der Waals surface area contributed by atoms with Crippen LogP contribution in [0.25, 0.3) is 0 Å². The maximum atomic E-state index is 12.8. The van der Waals surface area contributed by atoms with Crippen LogP contribution in [-0.2, 0) is 9.53 Å². The number of H-pyrrole nitrogens is 1. The standard InChI is InChI=1S/C18H23F3N2O4/c1-9-15(12(4)24)10(2)22-16(9)17(26)27-7-14(25)23(8-18(19,20)21)11(3)13-5-6-13/h11,13,22H,5-8H2,1-4H3. The van der Waals surface area contributed by atoms with E-state index in [0.717, 1.165) is 17.7 Å². The van der Waals surface area contributed by atoms with E-state index in [0.29, 0.717) is 16.8 Å². The second-order valence-electron chi connectivity index (χ2n) is 6.97. The Morgan fingerprint density at radius 2 is 1.85 bits per heavy atom. The summed E-state index contributed by atoms with van der Waals surface area (Å²) in [7, 11) is 0. The van der Waals surface area contributed by atoms with Gasteiger partial charge < -0.3 is 14.6 Å². The number of ether oxygens (including phenoxy) is 1. The van der Waals surface area contributed by atoms with Gasteiger partial charge in [0.15, 0.2) is 12.4 Å². The molecule has 0 spiro atoms. The van der Waals surface area contributed by atoms with Gasteiger partial charge in [-0.3, -0.25) is 9.59 Å². The first-order valence-corrected chi connectivity index (χ1v) is 8.65. The van der Waals surface area contributed by atoms with E-state index in [4.69, 9.17) is 4.74 Å². The molecule has 1 heterocycles. The maximum absolute atomic E-state index is 12.8. The quantitative estimate of drug-likeness (QED) is 0.575. The van der Waals surface area contributed by atoms with Crippen LogP contribution in [0.15, 0.2) is 0 Å². The van der Waals surface area contributed by atoms with Crippen LogP contribution in [0.5, 0.6) is 0 Å². The van der Waals surface area contributed by atoms with Crippen molar-refractivity contribution >= 4 is 17.7 Å². The van der Waals surface area contributed by atoms with Gasteiger partial charge in [0, 0.05) is 17.3 Å². The van der Waals surface area contributed by atoms with E-state index in [-0.39, 0.29) is 17.4 Å². The zero-order valence-corrected chi connectivity index (χ0v) is 15.7. The van der Waals surface area contributed by atoms with Crippen molar-refractivity contribution in [3.63, 3.8) is 0 Å². The summed E-state index contributed by atoms with van der Waals surface area (Å²) in [6.45, 7) is 3.93. The lowest BCUT2D eigenvalue weighted by Gasteiger charge is -2.30. The molecule has 1 aliphatic rings. The molecule has 0 aliphatic heterocycles. The number of hydrogen-bond acceptors (Lipinski definition) is 4. The summed E-state index contributed by atoms with van der Waals surface area (Å²) < 4.78 is 43.4. The molecule has 1 aromatic heterocycles. The monoisotopic (exact) mass is 388 g/mol. The van der Waals surface area contributed by atoms with Gasteiger partial charge in [0.05, 0.1) is 0 Å². The van der Waals surface area contributed by atoms with Gasteiger partial charge in [-0.25, -0.2) is 4.79 Å². The smallest absolute Gasteiger partial charge is 0.406 e. The van der Waals surface area contributed by atoms with E-state index in [9.17, 15) is 27.6 Å². The number of alkyl halides is 3. The largest absolute Gasteiger partial charge is 0.451 e. The van der Waals surface area contributed by atoms with Gasteiger partial charge >= 0.3 is 12.1 Å². The number of rotatable bonds is 7. The number of aromatic amines is 1. The molecule has 1 N–H and O–H groups in total. The lowest BCUT2D eigenvalue weighted by molar-refractivity contribution is -0.167. The number of aromatic nitrogens is 1. The number of hydrogen-bond donors (Lipinski definition) is 1. The summed E-state index contributed by atoms with van der Waals surface area (Å²) in [5.41, 5.74) is 1.24. The number of nitrogens with zero attached hydrogens (tertiary/aromatic N) is 1. The van der Waals surface area contributed by atoms with Gasteiger partial charge in [0.2, 0.25) is 0 Å². The van der Waals surface area contributed by atoms with Crippen LogP contribution in [0.1, 0.15) is 58.8 Å². The molecule has 1 aliphatic carbocycles. The molecule has 0 bridgehead atoms. The first-order valence-electron chi connectivity index (χ1n) is 8.65. The minimum atomic E-state index is -4.54. The zero-order chi connectivity index (χ0) is 20.5. The highest BCUT2D eigenvalue weighted by Gasteiger charge is 2.40. The Labute approximate surface area is 155 Å². The summed E-state index contributed by atoms with van der Waals surface area (Å²) in [5, 5.41) is 0. The highest BCUT2D eigenvalue weighted by Crippen LogP contribution is 2.36. The Morgan fingerprint density at radius 3 is 2.30 bits per heavy atom. The number of amides is 1. The highest BCUT2D eigenvalue weighted by molar-refractivity contribution is 6.01. The summed E-state index contributed by atoms with van der Waals surface area (Å²) in [4.78, 5) is 39.6. The number of carbonyl (C=O) groups excluding carboxylic acids is 3. The summed E-state index contributed by atoms with van der Waals surface area (Å²) in [6.07, 6.45) is -2.99. The predicted octanol–water partition coefficient (Wildman–Crippen LogP) is 3.18. The highest BCUT2D eigenvalue weighted by atomic mass is 19.4. The predicted molar refractivity (Wildman–Crippen MR) is 90.5 cm³/mol. The Bertz CT molecular complexity index is 751. The van der Waals surface area contributed by atoms with Crippen molar-refractivity contribution in [3.05, 3.63) is 22.5 Å². The number of halogens is 3. The van der Waals surface area contributed by atoms with Gasteiger partial charge in [0.25, 0.3) is 5.91 Å². The summed E-state index contributed by atoms with van der Waals surface area (Å²) >= 11 is 0. The third kappa shape index (κ3) is 5.11. The molecule has 6 nitrogen and oxygen atoms in total. The number of esters is 1. The third-order valence-electron chi connectivity index (χ3n) is 4.79. The fourth-order valence-electron chi connectivity index (χ4n) is 3.25. The Morgan fingerprint density at radius 1 is 1.26 bits per heavy atom. The van der Waals surface area contributed by atoms with Crippen LogP contribution in [0, 0.1) is 19.8 Å². The van der Waals surface area contributed by atoms with Crippen molar-refractivity contribution in [2.45, 2.75) is 52.8 Å². The Hall–Kier alpha value is -2.32. The van der Waals surface area contributed by atoms with Crippen molar-refractivity contribution in [2.24, 2.45) is 5.92 Å². The van der Waals surface area contributed by atoms with E-state index < -0.39 is 37.2 Å². The van der Waals surface area contributed by atoms with Gasteiger partial charge in [-0.15, -0.1) is 0 Å². The summed E-state index contributed by atoms with van der Waals surface area (Å²) in [5.74, 6) is -1.97. The normalized spacial score (nSPS) is 15.4. The molecule has 2 rings (SSSR count). The molecule has 9 heteroatoms. The molecule has 27 heavy (non-hydrogen) atoms. The second kappa shape index (κ2) is 7.74. The van der Waals surface area contributed by atoms with Gasteiger partial charge in [0.1, 0.15) is 12.2 Å². The van der Waals surface area contributed by atoms with Gasteiger partial charge in [-0.2, -0.15) is 13.2 Å². The molecule has 1 amide bonds. The molecular weight excluding hydrogens is 365 g/mol. The second-order valence-corrected chi connectivity index (χ2v) is 6.97. The summed E-state index contributed by atoms with van der Waals surface area (Å²) in [6, 6.07) is -0.573. The van der Waals surface area contributed by atoms with E-state index in [1.807, 2.05) is 0 Å². The van der Waals surface area contributed by atoms with E-state index in [1.165, 1.54) is 6.92 Å². The van der Waals surface area contributed by atoms with E-state index in [2.05, 4.69) is 4.98 Å². The van der Waals surface area contributed by atoms with Crippen LogP contribution < -0.4 is 0 Å². The van der Waals surface area contributed by atoms with Crippen LogP contribution in [0.2, 0.25) is 0 Å². The third-order valence-corrected chi connectivity index (χ3v) is 4.79. The van der Waals surface area contributed by atoms with Crippen LogP contribution in [-0.4, -0.2) is 52.9 Å². The molecule has 1 aromatic rings. The minimum Gasteiger partial charge on any atom is -0.451 e. The fraction of sp³-hybridized carbons (Fsp3) is 0.611. The first kappa shape index (κ1) is 21.0. The van der Waals surface area contributed by atoms with Crippen molar-refractivity contribution < 1.29 is 32.3 Å². The van der Waals surface area contributed by atoms with Crippen molar-refractivity contribution in [1.29, 1.82) is 0 Å². The van der Waals surface area contributed by atoms with Crippen LogP contribution in [0.4, 0.5) is 13.2 Å². The minimum absolute atomic E-state index is 0.0168. The van der Waals surface area contributed by atoms with Crippen molar-refractivity contribution in [2.75, 3.05) is 13.2 Å². The lowest BCUT2D eigenvalue weighted by atomic mass is 10.1. The molecule has 1 saturated carbocycles. The molecule has 150 valence electrons. The molecule has 0 aromatic carbocycles. The number of ketones is 1. The molecule has 0 saturated heterocycles. The average Bonchev–Trinajstić information content (AvgIpc) is 3.33. The van der Waals surface area contributed by atoms with Gasteiger partial charge in [-0.05, 0) is 52.0 Å². The van der Waals surface area contributed by atoms with Crippen LogP contribution in [0.3, 0.4) is 0 Å². The number of aryl methyl sites for hydroxylation is 1. The maximum Gasteiger partial charge on any atom is 0.406 e. The topological polar surface area (TPSA) is 79.5 Å². The molecule has 1 fully saturated rings. The van der Waals surface area contributed by atoms with Gasteiger partial charge in [-0.1, -0.05) is 0 Å².